The molecule has 0 saturated carbocycles. The average molecular weight is 381 g/mol. The molecule has 2 aromatic rings. The van der Waals surface area contributed by atoms with E-state index in [1.165, 1.54) is 31.4 Å². The van der Waals surface area contributed by atoms with E-state index >= 15 is 0 Å². The summed E-state index contributed by atoms with van der Waals surface area (Å²) in [5.74, 6) is -0.947. The third kappa shape index (κ3) is 3.06. The molecule has 7 nitrogen and oxygen atoms in total. The minimum absolute atomic E-state index is 0.0581. The first-order valence-electron chi connectivity index (χ1n) is 7.14. The third-order valence-electron chi connectivity index (χ3n) is 3.63. The zero-order chi connectivity index (χ0) is 18.2. The lowest BCUT2D eigenvalue weighted by Gasteiger charge is -2.15. The molecule has 0 aliphatic carbocycles. The van der Waals surface area contributed by atoms with E-state index in [0.717, 1.165) is 0 Å². The van der Waals surface area contributed by atoms with Crippen molar-refractivity contribution in [1.29, 1.82) is 0 Å². The van der Waals surface area contributed by atoms with Crippen LogP contribution >= 0.6 is 11.6 Å². The molecule has 1 aliphatic heterocycles. The maximum Gasteiger partial charge on any atom is 0.269 e. The van der Waals surface area contributed by atoms with E-state index in [2.05, 4.69) is 5.32 Å². The first-order chi connectivity index (χ1) is 11.8. The Bertz CT molecular complexity index is 974. The lowest BCUT2D eigenvalue weighted by atomic mass is 10.2. The van der Waals surface area contributed by atoms with Gasteiger partial charge in [-0.05, 0) is 30.3 Å². The lowest BCUT2D eigenvalue weighted by Crippen LogP contribution is -2.37. The minimum Gasteiger partial charge on any atom is -0.495 e. The van der Waals surface area contributed by atoms with Crippen LogP contribution in [0.15, 0.2) is 47.4 Å². The second kappa shape index (κ2) is 6.38. The molecule has 9 heteroatoms. The van der Waals surface area contributed by atoms with E-state index in [9.17, 15) is 18.0 Å². The highest BCUT2D eigenvalue weighted by molar-refractivity contribution is 7.90. The molecule has 0 aromatic heterocycles. The molecule has 130 valence electrons. The minimum atomic E-state index is -4.02. The van der Waals surface area contributed by atoms with E-state index in [1.807, 2.05) is 0 Å². The average Bonchev–Trinajstić information content (AvgIpc) is 2.76. The van der Waals surface area contributed by atoms with Crippen molar-refractivity contribution in [2.75, 3.05) is 19.0 Å². The molecule has 0 atom stereocenters. The van der Waals surface area contributed by atoms with Crippen molar-refractivity contribution in [3.8, 4) is 5.75 Å². The number of halogens is 1. The van der Waals surface area contributed by atoms with Gasteiger partial charge in [0.25, 0.3) is 15.9 Å². The van der Waals surface area contributed by atoms with Crippen molar-refractivity contribution < 1.29 is 22.7 Å². The van der Waals surface area contributed by atoms with Crippen molar-refractivity contribution in [3.63, 3.8) is 0 Å². The number of benzene rings is 2. The Hall–Kier alpha value is -2.58. The zero-order valence-electron chi connectivity index (χ0n) is 13.0. The Morgan fingerprint density at radius 1 is 1.24 bits per heavy atom. The summed E-state index contributed by atoms with van der Waals surface area (Å²) in [4.78, 5) is 24.3. The van der Waals surface area contributed by atoms with Gasteiger partial charge >= 0.3 is 0 Å². The van der Waals surface area contributed by atoms with Gasteiger partial charge < -0.3 is 10.1 Å². The van der Waals surface area contributed by atoms with Crippen LogP contribution in [-0.4, -0.2) is 38.2 Å². The monoisotopic (exact) mass is 380 g/mol. The SMILES string of the molecule is COc1ccc(NC(=O)CN2C(=O)c3ccccc3S2(=O)=O)cc1Cl. The van der Waals surface area contributed by atoms with Gasteiger partial charge in [-0.2, -0.15) is 0 Å². The molecule has 1 N–H and O–H groups in total. The molecule has 2 amide bonds. The molecule has 0 spiro atoms. The van der Waals surface area contributed by atoms with E-state index in [0.29, 0.717) is 15.7 Å². The van der Waals surface area contributed by atoms with Crippen molar-refractivity contribution in [2.45, 2.75) is 4.90 Å². The van der Waals surface area contributed by atoms with Crippen molar-refractivity contribution in [3.05, 3.63) is 53.1 Å². The van der Waals surface area contributed by atoms with Gasteiger partial charge in [0.05, 0.1) is 17.7 Å². The Kier molecular flexibility index (Phi) is 4.40. The maximum atomic E-state index is 12.4. The van der Waals surface area contributed by atoms with Gasteiger partial charge in [0, 0.05) is 5.69 Å². The van der Waals surface area contributed by atoms with E-state index < -0.39 is 28.4 Å². The summed E-state index contributed by atoms with van der Waals surface area (Å²) < 4.78 is 30.4. The molecular formula is C16H13ClN2O5S. The van der Waals surface area contributed by atoms with Crippen LogP contribution in [0.3, 0.4) is 0 Å². The number of hydrogen-bond donors (Lipinski definition) is 1. The van der Waals surface area contributed by atoms with Crippen LogP contribution in [-0.2, 0) is 14.8 Å². The molecule has 0 bridgehead atoms. The normalized spacial score (nSPS) is 15.0. The quantitative estimate of drug-likeness (QED) is 0.877. The number of anilines is 1. The molecule has 0 radical (unpaired) electrons. The Labute approximate surface area is 149 Å². The number of fused-ring (bicyclic) bond motifs is 1. The fraction of sp³-hybridized carbons (Fsp3) is 0.125. The van der Waals surface area contributed by atoms with Crippen LogP contribution < -0.4 is 10.1 Å². The number of nitrogens with one attached hydrogen (secondary N) is 1. The molecule has 1 aliphatic rings. The zero-order valence-corrected chi connectivity index (χ0v) is 14.6. The largest absolute Gasteiger partial charge is 0.495 e. The van der Waals surface area contributed by atoms with Crippen LogP contribution in [0.25, 0.3) is 0 Å². The Balaban J connectivity index is 1.78. The number of methoxy groups -OCH3 is 1. The lowest BCUT2D eigenvalue weighted by molar-refractivity contribution is -0.116. The fourth-order valence-corrected chi connectivity index (χ4v) is 4.25. The summed E-state index contributed by atoms with van der Waals surface area (Å²) in [6.07, 6.45) is 0. The Morgan fingerprint density at radius 2 is 1.96 bits per heavy atom. The predicted octanol–water partition coefficient (Wildman–Crippen LogP) is 2.13. The van der Waals surface area contributed by atoms with Gasteiger partial charge in [-0.25, -0.2) is 12.7 Å². The topological polar surface area (TPSA) is 92.8 Å². The second-order valence-corrected chi connectivity index (χ2v) is 7.45. The number of rotatable bonds is 4. The highest BCUT2D eigenvalue weighted by Gasteiger charge is 2.41. The number of ether oxygens (including phenoxy) is 1. The summed E-state index contributed by atoms with van der Waals surface area (Å²) in [7, 11) is -2.57. The van der Waals surface area contributed by atoms with Gasteiger partial charge in [0.1, 0.15) is 17.2 Å². The molecule has 0 saturated heterocycles. The molecule has 1 heterocycles. The van der Waals surface area contributed by atoms with Crippen LogP contribution in [0, 0.1) is 0 Å². The fourth-order valence-electron chi connectivity index (χ4n) is 2.46. The number of sulfonamides is 1. The summed E-state index contributed by atoms with van der Waals surface area (Å²) in [5.41, 5.74) is 0.417. The van der Waals surface area contributed by atoms with Gasteiger partial charge in [0.15, 0.2) is 0 Å². The highest BCUT2D eigenvalue weighted by Crippen LogP contribution is 2.30. The number of amides is 2. The molecule has 0 fully saturated rings. The molecule has 2 aromatic carbocycles. The second-order valence-electron chi connectivity index (χ2n) is 5.21. The predicted molar refractivity (Wildman–Crippen MR) is 91.3 cm³/mol. The summed E-state index contributed by atoms with van der Waals surface area (Å²) in [6.45, 7) is -0.626. The first kappa shape index (κ1) is 17.2. The van der Waals surface area contributed by atoms with Gasteiger partial charge in [-0.3, -0.25) is 9.59 Å². The number of nitrogens with zero attached hydrogens (tertiary/aromatic N) is 1. The van der Waals surface area contributed by atoms with Gasteiger partial charge in [0.2, 0.25) is 5.91 Å². The molecule has 3 rings (SSSR count). The van der Waals surface area contributed by atoms with Crippen LogP contribution in [0.5, 0.6) is 5.75 Å². The van der Waals surface area contributed by atoms with Crippen LogP contribution in [0.4, 0.5) is 5.69 Å². The smallest absolute Gasteiger partial charge is 0.269 e. The first-order valence-corrected chi connectivity index (χ1v) is 8.96. The molecular weight excluding hydrogens is 368 g/mol. The van der Waals surface area contributed by atoms with E-state index in [4.69, 9.17) is 16.3 Å². The maximum absolute atomic E-state index is 12.4. The highest BCUT2D eigenvalue weighted by atomic mass is 35.5. The summed E-state index contributed by atoms with van der Waals surface area (Å²) in [6, 6.07) is 10.4. The van der Waals surface area contributed by atoms with E-state index in [1.54, 1.807) is 18.2 Å². The van der Waals surface area contributed by atoms with Crippen molar-refractivity contribution in [2.24, 2.45) is 0 Å². The number of carbonyl (C=O) groups excluding carboxylic acids is 2. The summed E-state index contributed by atoms with van der Waals surface area (Å²) >= 11 is 5.98. The number of carbonyl (C=O) groups is 2. The van der Waals surface area contributed by atoms with Crippen LogP contribution in [0.2, 0.25) is 5.02 Å². The van der Waals surface area contributed by atoms with Crippen molar-refractivity contribution >= 4 is 39.1 Å². The van der Waals surface area contributed by atoms with E-state index in [-0.39, 0.29) is 15.5 Å². The third-order valence-corrected chi connectivity index (χ3v) is 5.72. The van der Waals surface area contributed by atoms with Crippen LogP contribution in [0.1, 0.15) is 10.4 Å². The molecule has 0 unspecified atom stereocenters. The number of hydrogen-bond acceptors (Lipinski definition) is 5. The standard InChI is InChI=1S/C16H13ClN2O5S/c1-24-13-7-6-10(8-12(13)17)18-15(20)9-19-16(21)11-4-2-3-5-14(11)25(19,22)23/h2-8H,9H2,1H3,(H,18,20). The van der Waals surface area contributed by atoms with Gasteiger partial charge in [-0.1, -0.05) is 23.7 Å². The molecule has 25 heavy (non-hydrogen) atoms. The summed E-state index contributed by atoms with van der Waals surface area (Å²) in [5, 5.41) is 2.80. The van der Waals surface area contributed by atoms with Gasteiger partial charge in [-0.15, -0.1) is 0 Å². The Morgan fingerprint density at radius 3 is 2.60 bits per heavy atom. The van der Waals surface area contributed by atoms with Crippen molar-refractivity contribution in [1.82, 2.24) is 4.31 Å².